The molecule has 12 heteroatoms. The van der Waals surface area contributed by atoms with Gasteiger partial charge in [-0.2, -0.15) is 19.2 Å². The fourth-order valence-corrected chi connectivity index (χ4v) is 5.91. The van der Waals surface area contributed by atoms with Crippen molar-refractivity contribution in [3.63, 3.8) is 0 Å². The molecule has 0 spiro atoms. The van der Waals surface area contributed by atoms with E-state index in [0.717, 1.165) is 32.3 Å². The predicted octanol–water partition coefficient (Wildman–Crippen LogP) is 6.66. The minimum absolute atomic E-state index is 0.639. The zero-order valence-corrected chi connectivity index (χ0v) is 21.2. The van der Waals surface area contributed by atoms with E-state index in [-0.39, 0.29) is 0 Å². The SMILES string of the molecule is Clc1cccc(-c2nnc3sc(-c4ccc(-c5nn6c(-c7cccc(Cl)c7)nnc6s5)cc4)nn23)c1. The lowest BCUT2D eigenvalue weighted by Crippen LogP contribution is -1.91. The van der Waals surface area contributed by atoms with Gasteiger partial charge < -0.3 is 0 Å². The molecule has 4 heterocycles. The summed E-state index contributed by atoms with van der Waals surface area (Å²) in [5, 5.41) is 29.6. The number of aromatic nitrogens is 8. The van der Waals surface area contributed by atoms with Crippen LogP contribution in [0.15, 0.2) is 72.8 Å². The van der Waals surface area contributed by atoms with Crippen molar-refractivity contribution in [1.29, 1.82) is 0 Å². The van der Waals surface area contributed by atoms with Crippen molar-refractivity contribution in [2.75, 3.05) is 0 Å². The van der Waals surface area contributed by atoms with Gasteiger partial charge in [0.1, 0.15) is 10.0 Å². The third-order valence-corrected chi connectivity index (χ3v) is 7.89. The standard InChI is InChI=1S/C24H12Cl2N8S2/c25-17-5-1-3-15(11-17)19-27-29-23-33(19)31-21(35-23)13-7-9-14(10-8-13)22-32-34-20(28-30-24(34)36-22)16-4-2-6-18(26)12-16/h1-12H. The van der Waals surface area contributed by atoms with E-state index in [9.17, 15) is 0 Å². The highest BCUT2D eigenvalue weighted by Crippen LogP contribution is 2.32. The van der Waals surface area contributed by atoms with Crippen LogP contribution in [0.2, 0.25) is 10.0 Å². The third-order valence-electron chi connectivity index (χ3n) is 5.53. The Labute approximate surface area is 221 Å². The van der Waals surface area contributed by atoms with Gasteiger partial charge in [0.05, 0.1) is 0 Å². The van der Waals surface area contributed by atoms with Gasteiger partial charge in [0, 0.05) is 32.3 Å². The van der Waals surface area contributed by atoms with E-state index >= 15 is 0 Å². The van der Waals surface area contributed by atoms with Gasteiger partial charge in [-0.1, -0.05) is 94.4 Å². The lowest BCUT2D eigenvalue weighted by Gasteiger charge is -2.00. The summed E-state index contributed by atoms with van der Waals surface area (Å²) in [4.78, 5) is 1.43. The van der Waals surface area contributed by atoms with Crippen molar-refractivity contribution >= 4 is 55.8 Å². The molecule has 8 nitrogen and oxygen atoms in total. The highest BCUT2D eigenvalue weighted by Gasteiger charge is 2.17. The van der Waals surface area contributed by atoms with Crippen LogP contribution in [-0.2, 0) is 0 Å². The molecule has 0 saturated heterocycles. The van der Waals surface area contributed by atoms with E-state index in [1.54, 1.807) is 9.03 Å². The van der Waals surface area contributed by atoms with E-state index in [0.29, 0.717) is 31.6 Å². The maximum Gasteiger partial charge on any atom is 0.235 e. The van der Waals surface area contributed by atoms with Crippen LogP contribution in [0.3, 0.4) is 0 Å². The Hall–Kier alpha value is -3.70. The molecule has 0 saturated carbocycles. The molecule has 0 aliphatic rings. The first-order chi connectivity index (χ1) is 17.6. The predicted molar refractivity (Wildman–Crippen MR) is 143 cm³/mol. The first kappa shape index (κ1) is 21.6. The topological polar surface area (TPSA) is 86.2 Å². The van der Waals surface area contributed by atoms with Crippen LogP contribution in [0.1, 0.15) is 0 Å². The fraction of sp³-hybridized carbons (Fsp3) is 0. The molecule has 0 bridgehead atoms. The molecular weight excluding hydrogens is 535 g/mol. The number of halogens is 2. The Morgan fingerprint density at radius 3 is 1.39 bits per heavy atom. The van der Waals surface area contributed by atoms with Crippen LogP contribution in [0.4, 0.5) is 0 Å². The molecular formula is C24H12Cl2N8S2. The Balaban J connectivity index is 1.21. The lowest BCUT2D eigenvalue weighted by atomic mass is 10.1. The van der Waals surface area contributed by atoms with Crippen molar-refractivity contribution in [3.05, 3.63) is 82.8 Å². The monoisotopic (exact) mass is 546 g/mol. The van der Waals surface area contributed by atoms with Gasteiger partial charge in [-0.3, -0.25) is 0 Å². The Bertz CT molecular complexity index is 1750. The van der Waals surface area contributed by atoms with E-state index < -0.39 is 0 Å². The zero-order chi connectivity index (χ0) is 24.2. The van der Waals surface area contributed by atoms with Crippen LogP contribution in [-0.4, -0.2) is 39.6 Å². The zero-order valence-electron chi connectivity index (χ0n) is 18.1. The molecule has 0 aliphatic heterocycles. The number of fused-ring (bicyclic) bond motifs is 2. The average molecular weight is 547 g/mol. The van der Waals surface area contributed by atoms with E-state index in [4.69, 9.17) is 33.4 Å². The van der Waals surface area contributed by atoms with Crippen molar-refractivity contribution < 1.29 is 0 Å². The fourth-order valence-electron chi connectivity index (χ4n) is 3.84. The average Bonchev–Trinajstić information content (AvgIpc) is 3.64. The van der Waals surface area contributed by atoms with Gasteiger partial charge >= 0.3 is 0 Å². The minimum atomic E-state index is 0.639. The Kier molecular flexibility index (Phi) is 5.07. The number of nitrogens with zero attached hydrogens (tertiary/aromatic N) is 8. The second kappa shape index (κ2) is 8.45. The van der Waals surface area contributed by atoms with Crippen LogP contribution in [0.5, 0.6) is 0 Å². The van der Waals surface area contributed by atoms with Gasteiger partial charge in [0.25, 0.3) is 0 Å². The first-order valence-corrected chi connectivity index (χ1v) is 13.1. The van der Waals surface area contributed by atoms with Crippen LogP contribution < -0.4 is 0 Å². The van der Waals surface area contributed by atoms with Gasteiger partial charge in [0.15, 0.2) is 11.6 Å². The molecule has 0 amide bonds. The van der Waals surface area contributed by atoms with Crippen LogP contribution >= 0.6 is 45.9 Å². The molecule has 7 rings (SSSR count). The highest BCUT2D eigenvalue weighted by atomic mass is 35.5. The number of hydrogen-bond donors (Lipinski definition) is 0. The van der Waals surface area contributed by atoms with E-state index in [1.807, 2.05) is 72.8 Å². The molecule has 0 atom stereocenters. The van der Waals surface area contributed by atoms with Crippen LogP contribution in [0, 0.1) is 0 Å². The Morgan fingerprint density at radius 1 is 0.528 bits per heavy atom. The number of benzene rings is 3. The highest BCUT2D eigenvalue weighted by molar-refractivity contribution is 7.20. The first-order valence-electron chi connectivity index (χ1n) is 10.7. The summed E-state index contributed by atoms with van der Waals surface area (Å²) in [5.74, 6) is 1.31. The summed E-state index contributed by atoms with van der Waals surface area (Å²) < 4.78 is 3.50. The van der Waals surface area contributed by atoms with Crippen molar-refractivity contribution in [2.45, 2.75) is 0 Å². The summed E-state index contributed by atoms with van der Waals surface area (Å²) in [6.07, 6.45) is 0. The summed E-state index contributed by atoms with van der Waals surface area (Å²) in [5.41, 5.74) is 3.69. The summed E-state index contributed by atoms with van der Waals surface area (Å²) in [6.45, 7) is 0. The molecule has 3 aromatic carbocycles. The van der Waals surface area contributed by atoms with Gasteiger partial charge in [-0.05, 0) is 24.3 Å². The molecule has 0 N–H and O–H groups in total. The van der Waals surface area contributed by atoms with Gasteiger partial charge in [0.2, 0.25) is 9.92 Å². The Morgan fingerprint density at radius 2 is 0.972 bits per heavy atom. The quantitative estimate of drug-likeness (QED) is 0.245. The van der Waals surface area contributed by atoms with Crippen LogP contribution in [0.25, 0.3) is 53.8 Å². The van der Waals surface area contributed by atoms with E-state index in [2.05, 4.69) is 20.4 Å². The normalized spacial score (nSPS) is 11.6. The van der Waals surface area contributed by atoms with Crippen molar-refractivity contribution in [2.24, 2.45) is 0 Å². The molecule has 174 valence electrons. The molecule has 36 heavy (non-hydrogen) atoms. The molecule has 0 aliphatic carbocycles. The van der Waals surface area contributed by atoms with E-state index in [1.165, 1.54) is 22.7 Å². The van der Waals surface area contributed by atoms with Gasteiger partial charge in [-0.15, -0.1) is 20.4 Å². The molecule has 0 unspecified atom stereocenters. The second-order valence-electron chi connectivity index (χ2n) is 7.85. The second-order valence-corrected chi connectivity index (χ2v) is 10.6. The molecule has 0 fully saturated rings. The van der Waals surface area contributed by atoms with Crippen molar-refractivity contribution in [1.82, 2.24) is 39.6 Å². The largest absolute Gasteiger partial charge is 0.235 e. The summed E-state index contributed by atoms with van der Waals surface area (Å²) in [6, 6.07) is 23.1. The maximum absolute atomic E-state index is 6.15. The molecule has 7 aromatic rings. The molecule has 0 radical (unpaired) electrons. The summed E-state index contributed by atoms with van der Waals surface area (Å²) >= 11 is 15.3. The minimum Gasteiger partial charge on any atom is -0.182 e. The van der Waals surface area contributed by atoms with Crippen molar-refractivity contribution in [3.8, 4) is 43.9 Å². The number of rotatable bonds is 4. The van der Waals surface area contributed by atoms with Gasteiger partial charge in [-0.25, -0.2) is 0 Å². The molecule has 4 aromatic heterocycles. The number of hydrogen-bond acceptors (Lipinski definition) is 8. The maximum atomic E-state index is 6.15. The summed E-state index contributed by atoms with van der Waals surface area (Å²) in [7, 11) is 0. The smallest absolute Gasteiger partial charge is 0.182 e. The lowest BCUT2D eigenvalue weighted by molar-refractivity contribution is 0.969. The third kappa shape index (κ3) is 3.66.